The Kier molecular flexibility index (Phi) is 6.15. The number of rotatable bonds is 3. The molecule has 0 aromatic carbocycles. The van der Waals surface area contributed by atoms with Crippen LogP contribution in [-0.4, -0.2) is 19.3 Å². The van der Waals surface area contributed by atoms with Gasteiger partial charge in [-0.1, -0.05) is 37.3 Å². The highest BCUT2D eigenvalue weighted by molar-refractivity contribution is 5.14. The Labute approximate surface area is 126 Å². The third-order valence-electron chi connectivity index (χ3n) is 5.20. The maximum absolute atomic E-state index is 13.4. The first kappa shape index (κ1) is 16.9. The van der Waals surface area contributed by atoms with E-state index in [1.165, 1.54) is 24.8 Å². The van der Waals surface area contributed by atoms with Gasteiger partial charge in [-0.15, -0.1) is 0 Å². The minimum absolute atomic E-state index is 0.0879. The molecule has 21 heavy (non-hydrogen) atoms. The van der Waals surface area contributed by atoms with Gasteiger partial charge in [0.1, 0.15) is 0 Å². The van der Waals surface area contributed by atoms with Crippen LogP contribution >= 0.6 is 0 Å². The van der Waals surface area contributed by atoms with E-state index < -0.39 is 12.1 Å². The summed E-state index contributed by atoms with van der Waals surface area (Å²) in [7, 11) is 1.83. The highest BCUT2D eigenvalue weighted by Gasteiger charge is 2.48. The van der Waals surface area contributed by atoms with Crippen molar-refractivity contribution in [2.24, 2.45) is 11.8 Å². The lowest BCUT2D eigenvalue weighted by Gasteiger charge is -2.39. The summed E-state index contributed by atoms with van der Waals surface area (Å²) in [5.41, 5.74) is 1.23. The molecule has 0 bridgehead atoms. The molecular formula is C17H28F3N. The van der Waals surface area contributed by atoms with E-state index in [0.717, 1.165) is 32.1 Å². The zero-order valence-electron chi connectivity index (χ0n) is 13.0. The minimum atomic E-state index is -4.05. The predicted octanol–water partition coefficient (Wildman–Crippen LogP) is 5.22. The van der Waals surface area contributed by atoms with Crippen molar-refractivity contribution in [1.29, 1.82) is 0 Å². The van der Waals surface area contributed by atoms with Crippen LogP contribution in [0.5, 0.6) is 0 Å². The first-order chi connectivity index (χ1) is 10.0. The maximum atomic E-state index is 13.4. The largest absolute Gasteiger partial charge is 0.392 e. The van der Waals surface area contributed by atoms with Crippen molar-refractivity contribution in [3.8, 4) is 0 Å². The molecule has 3 atom stereocenters. The van der Waals surface area contributed by atoms with Crippen molar-refractivity contribution < 1.29 is 13.2 Å². The Morgan fingerprint density at radius 1 is 1.05 bits per heavy atom. The maximum Gasteiger partial charge on any atom is 0.392 e. The SMILES string of the molecule is CNC(C1=CCCCCCC1)C1CCCCC1C(F)(F)F. The molecule has 0 aromatic heterocycles. The second-order valence-electron chi connectivity index (χ2n) is 6.59. The Balaban J connectivity index is 2.16. The van der Waals surface area contributed by atoms with Gasteiger partial charge in [0.05, 0.1) is 5.92 Å². The molecule has 1 saturated carbocycles. The Hall–Kier alpha value is -0.510. The molecule has 1 N–H and O–H groups in total. The van der Waals surface area contributed by atoms with Gasteiger partial charge in [-0.05, 0) is 51.5 Å². The normalized spacial score (nSPS) is 30.2. The summed E-state index contributed by atoms with van der Waals surface area (Å²) in [6.07, 6.45) is 7.57. The quantitative estimate of drug-likeness (QED) is 0.704. The van der Waals surface area contributed by atoms with Crippen LogP contribution in [0.3, 0.4) is 0 Å². The zero-order chi connectivity index (χ0) is 15.3. The Bertz CT molecular complexity index is 348. The summed E-state index contributed by atoms with van der Waals surface area (Å²) >= 11 is 0. The smallest absolute Gasteiger partial charge is 0.313 e. The predicted molar refractivity (Wildman–Crippen MR) is 80.1 cm³/mol. The van der Waals surface area contributed by atoms with Crippen molar-refractivity contribution in [3.63, 3.8) is 0 Å². The fraction of sp³-hybridized carbons (Fsp3) is 0.882. The lowest BCUT2D eigenvalue weighted by Crippen LogP contribution is -2.45. The molecule has 2 aliphatic carbocycles. The van der Waals surface area contributed by atoms with Crippen molar-refractivity contribution in [2.45, 2.75) is 76.4 Å². The number of likely N-dealkylation sites (N-methyl/N-ethyl adjacent to an activating group) is 1. The summed E-state index contributed by atoms with van der Waals surface area (Å²) in [6.45, 7) is 0. The summed E-state index contributed by atoms with van der Waals surface area (Å²) < 4.78 is 40.1. The van der Waals surface area contributed by atoms with Crippen molar-refractivity contribution in [2.75, 3.05) is 7.05 Å². The van der Waals surface area contributed by atoms with Crippen molar-refractivity contribution in [1.82, 2.24) is 5.32 Å². The first-order valence-corrected chi connectivity index (χ1v) is 8.47. The van der Waals surface area contributed by atoms with Crippen molar-refractivity contribution >= 4 is 0 Å². The van der Waals surface area contributed by atoms with Crippen LogP contribution in [0.4, 0.5) is 13.2 Å². The molecule has 0 amide bonds. The van der Waals surface area contributed by atoms with Gasteiger partial charge in [0.25, 0.3) is 0 Å². The van der Waals surface area contributed by atoms with E-state index in [0.29, 0.717) is 12.8 Å². The third-order valence-corrected chi connectivity index (χ3v) is 5.20. The molecule has 0 spiro atoms. The van der Waals surface area contributed by atoms with Gasteiger partial charge in [0.2, 0.25) is 0 Å². The highest BCUT2D eigenvalue weighted by atomic mass is 19.4. The summed E-state index contributed by atoms with van der Waals surface area (Å²) in [5, 5.41) is 3.22. The lowest BCUT2D eigenvalue weighted by molar-refractivity contribution is -0.198. The topological polar surface area (TPSA) is 12.0 Å². The van der Waals surface area contributed by atoms with E-state index in [-0.39, 0.29) is 12.0 Å². The van der Waals surface area contributed by atoms with E-state index in [1.54, 1.807) is 0 Å². The van der Waals surface area contributed by atoms with Crippen molar-refractivity contribution in [3.05, 3.63) is 11.6 Å². The van der Waals surface area contributed by atoms with Crippen LogP contribution in [0, 0.1) is 11.8 Å². The van der Waals surface area contributed by atoms with Crippen LogP contribution in [0.2, 0.25) is 0 Å². The van der Waals surface area contributed by atoms with Gasteiger partial charge in [0.15, 0.2) is 0 Å². The van der Waals surface area contributed by atoms with Crippen LogP contribution in [0.1, 0.15) is 64.2 Å². The fourth-order valence-electron chi connectivity index (χ4n) is 4.14. The molecule has 1 nitrogen and oxygen atoms in total. The molecule has 122 valence electrons. The fourth-order valence-corrected chi connectivity index (χ4v) is 4.14. The third kappa shape index (κ3) is 4.48. The summed E-state index contributed by atoms with van der Waals surface area (Å²) in [6, 6.07) is -0.0879. The second kappa shape index (κ2) is 7.66. The summed E-state index contributed by atoms with van der Waals surface area (Å²) in [5.74, 6) is -1.41. The molecule has 4 heteroatoms. The number of halogens is 3. The number of alkyl halides is 3. The monoisotopic (exact) mass is 303 g/mol. The molecule has 0 radical (unpaired) electrons. The first-order valence-electron chi connectivity index (χ1n) is 8.47. The number of hydrogen-bond acceptors (Lipinski definition) is 1. The van der Waals surface area contributed by atoms with Gasteiger partial charge < -0.3 is 5.32 Å². The lowest BCUT2D eigenvalue weighted by atomic mass is 9.72. The Morgan fingerprint density at radius 3 is 2.48 bits per heavy atom. The van der Waals surface area contributed by atoms with Gasteiger partial charge in [-0.2, -0.15) is 13.2 Å². The van der Waals surface area contributed by atoms with E-state index in [4.69, 9.17) is 0 Å². The zero-order valence-corrected chi connectivity index (χ0v) is 13.0. The van der Waals surface area contributed by atoms with E-state index in [1.807, 2.05) is 7.05 Å². The average Bonchev–Trinajstić information content (AvgIpc) is 2.41. The number of nitrogens with one attached hydrogen (secondary N) is 1. The standard InChI is InChI=1S/C17H28F3N/c1-21-16(13-9-5-3-2-4-6-10-13)14-11-7-8-12-15(14)17(18,19)20/h9,14-16,21H,2-8,10-12H2,1H3. The summed E-state index contributed by atoms with van der Waals surface area (Å²) in [4.78, 5) is 0. The van der Waals surface area contributed by atoms with Crippen LogP contribution < -0.4 is 5.32 Å². The molecule has 0 heterocycles. The molecule has 2 aliphatic rings. The number of hydrogen-bond donors (Lipinski definition) is 1. The molecule has 3 unspecified atom stereocenters. The van der Waals surface area contributed by atoms with E-state index >= 15 is 0 Å². The minimum Gasteiger partial charge on any atom is -0.313 e. The molecule has 0 aromatic rings. The molecule has 1 fully saturated rings. The molecule has 0 aliphatic heterocycles. The van der Waals surface area contributed by atoms with Gasteiger partial charge in [-0.25, -0.2) is 0 Å². The average molecular weight is 303 g/mol. The second-order valence-corrected chi connectivity index (χ2v) is 6.59. The number of allylic oxidation sites excluding steroid dienone is 1. The molecule has 2 rings (SSSR count). The van der Waals surface area contributed by atoms with E-state index in [2.05, 4.69) is 11.4 Å². The van der Waals surface area contributed by atoms with Gasteiger partial charge in [-0.3, -0.25) is 0 Å². The molecular weight excluding hydrogens is 275 g/mol. The van der Waals surface area contributed by atoms with Gasteiger partial charge >= 0.3 is 6.18 Å². The molecule has 0 saturated heterocycles. The van der Waals surface area contributed by atoms with Gasteiger partial charge in [0, 0.05) is 6.04 Å². The highest BCUT2D eigenvalue weighted by Crippen LogP contribution is 2.44. The Morgan fingerprint density at radius 2 is 1.76 bits per heavy atom. The van der Waals surface area contributed by atoms with Crippen LogP contribution in [0.15, 0.2) is 11.6 Å². The van der Waals surface area contributed by atoms with Crippen LogP contribution in [0.25, 0.3) is 0 Å². The van der Waals surface area contributed by atoms with E-state index in [9.17, 15) is 13.2 Å². The van der Waals surface area contributed by atoms with Crippen LogP contribution in [-0.2, 0) is 0 Å².